The van der Waals surface area contributed by atoms with Crippen LogP contribution >= 0.6 is 23.5 Å². The molecule has 3 rings (SSSR count). The van der Waals surface area contributed by atoms with Crippen molar-refractivity contribution in [1.29, 1.82) is 0 Å². The molecule has 1 aliphatic heterocycles. The monoisotopic (exact) mass is 497 g/mol. The van der Waals surface area contributed by atoms with E-state index in [0.717, 1.165) is 17.5 Å². The van der Waals surface area contributed by atoms with E-state index in [1.807, 2.05) is 6.26 Å². The molecule has 0 radical (unpaired) electrons. The molecule has 0 bridgehead atoms. The highest BCUT2D eigenvalue weighted by atomic mass is 32.2. The van der Waals surface area contributed by atoms with Gasteiger partial charge in [0.1, 0.15) is 22.0 Å². The lowest BCUT2D eigenvalue weighted by atomic mass is 9.96. The van der Waals surface area contributed by atoms with Crippen LogP contribution in [-0.2, 0) is 19.6 Å². The Hall–Kier alpha value is -2.02. The molecule has 9 nitrogen and oxygen atoms in total. The summed E-state index contributed by atoms with van der Waals surface area (Å²) in [6.45, 7) is 4.38. The summed E-state index contributed by atoms with van der Waals surface area (Å²) in [5.41, 5.74) is 0.927. The Morgan fingerprint density at radius 3 is 2.78 bits per heavy atom. The van der Waals surface area contributed by atoms with Crippen LogP contribution in [0.4, 0.5) is 0 Å². The molecule has 174 valence electrons. The molecule has 32 heavy (non-hydrogen) atoms. The molecule has 1 aliphatic rings. The molecule has 12 heteroatoms. The first kappa shape index (κ1) is 24.6. The molecule has 0 aliphatic carbocycles. The standard InChI is InChI=1S/C20H27N5O4S3/c1-3-10-21-20(27)16(9-13-30-2)22-19(26)14-7-11-25(12-8-14)32(28,29)17-6-4-5-15-18(17)24-31-23-15/h3-6,14,16H,1,7-13H2,2H3,(H,21,27)(H,22,26). The van der Waals surface area contributed by atoms with Crippen molar-refractivity contribution in [2.24, 2.45) is 5.92 Å². The number of benzene rings is 1. The summed E-state index contributed by atoms with van der Waals surface area (Å²) in [5, 5.41) is 5.58. The molecule has 1 unspecified atom stereocenters. The number of amides is 2. The Balaban J connectivity index is 1.62. The van der Waals surface area contributed by atoms with Crippen molar-refractivity contribution in [3.8, 4) is 0 Å². The largest absolute Gasteiger partial charge is 0.351 e. The third-order valence-electron chi connectivity index (χ3n) is 5.36. The number of carbonyl (C=O) groups excluding carboxylic acids is 2. The number of piperidine rings is 1. The molecular weight excluding hydrogens is 470 g/mol. The zero-order valence-electron chi connectivity index (χ0n) is 17.8. The van der Waals surface area contributed by atoms with Crippen molar-refractivity contribution in [2.45, 2.75) is 30.2 Å². The number of sulfonamides is 1. The summed E-state index contributed by atoms with van der Waals surface area (Å²) in [4.78, 5) is 25.3. The number of hydrogen-bond donors (Lipinski definition) is 2. The van der Waals surface area contributed by atoms with Gasteiger partial charge in [-0.1, -0.05) is 12.1 Å². The zero-order valence-corrected chi connectivity index (χ0v) is 20.3. The minimum absolute atomic E-state index is 0.141. The number of nitrogens with one attached hydrogen (secondary N) is 2. The molecule has 1 fully saturated rings. The Labute approximate surface area is 196 Å². The van der Waals surface area contributed by atoms with Crippen molar-refractivity contribution < 1.29 is 18.0 Å². The second kappa shape index (κ2) is 11.2. The highest BCUT2D eigenvalue weighted by Gasteiger charge is 2.34. The van der Waals surface area contributed by atoms with E-state index in [9.17, 15) is 18.0 Å². The van der Waals surface area contributed by atoms with Crippen molar-refractivity contribution in [3.05, 3.63) is 30.9 Å². The van der Waals surface area contributed by atoms with Gasteiger partial charge in [-0.3, -0.25) is 9.59 Å². The van der Waals surface area contributed by atoms with E-state index < -0.39 is 16.1 Å². The van der Waals surface area contributed by atoms with E-state index in [0.29, 0.717) is 36.8 Å². The molecular formula is C20H27N5O4S3. The van der Waals surface area contributed by atoms with Gasteiger partial charge in [0.15, 0.2) is 0 Å². The van der Waals surface area contributed by atoms with Gasteiger partial charge in [-0.25, -0.2) is 8.42 Å². The smallest absolute Gasteiger partial charge is 0.245 e. The number of nitrogens with zero attached hydrogens (tertiary/aromatic N) is 3. The van der Waals surface area contributed by atoms with Crippen molar-refractivity contribution in [1.82, 2.24) is 23.7 Å². The van der Waals surface area contributed by atoms with Gasteiger partial charge in [0.2, 0.25) is 21.8 Å². The van der Waals surface area contributed by atoms with Crippen LogP contribution in [0, 0.1) is 5.92 Å². The predicted octanol–water partition coefficient (Wildman–Crippen LogP) is 1.63. The quantitative estimate of drug-likeness (QED) is 0.479. The van der Waals surface area contributed by atoms with E-state index in [4.69, 9.17) is 0 Å². The van der Waals surface area contributed by atoms with Gasteiger partial charge < -0.3 is 10.6 Å². The van der Waals surface area contributed by atoms with Gasteiger partial charge in [-0.2, -0.15) is 24.8 Å². The molecule has 1 aromatic heterocycles. The van der Waals surface area contributed by atoms with Crippen LogP contribution < -0.4 is 10.6 Å². The van der Waals surface area contributed by atoms with Crippen LogP contribution in [0.1, 0.15) is 19.3 Å². The molecule has 0 spiro atoms. The molecule has 1 aromatic carbocycles. The number of carbonyl (C=O) groups is 2. The number of aromatic nitrogens is 2. The average Bonchev–Trinajstić information content (AvgIpc) is 3.29. The van der Waals surface area contributed by atoms with E-state index in [1.165, 1.54) is 10.4 Å². The fourth-order valence-corrected chi connectivity index (χ4v) is 6.27. The van der Waals surface area contributed by atoms with Crippen molar-refractivity contribution in [3.63, 3.8) is 0 Å². The van der Waals surface area contributed by atoms with Crippen LogP contribution in [0.5, 0.6) is 0 Å². The highest BCUT2D eigenvalue weighted by Crippen LogP contribution is 2.28. The SMILES string of the molecule is C=CCNC(=O)C(CCSC)NC(=O)C1CCN(S(=O)(=O)c2cccc3nsnc23)CC1. The molecule has 1 atom stereocenters. The average molecular weight is 498 g/mol. The Bertz CT molecular complexity index is 1060. The first-order chi connectivity index (χ1) is 15.4. The normalized spacial score (nSPS) is 16.5. The van der Waals surface area contributed by atoms with E-state index >= 15 is 0 Å². The Morgan fingerprint density at radius 2 is 2.09 bits per heavy atom. The van der Waals surface area contributed by atoms with E-state index in [-0.39, 0.29) is 35.7 Å². The summed E-state index contributed by atoms with van der Waals surface area (Å²) in [5.74, 6) is -0.0627. The minimum atomic E-state index is -3.74. The first-order valence-corrected chi connectivity index (χ1v) is 13.8. The molecule has 2 aromatic rings. The molecule has 0 saturated carbocycles. The summed E-state index contributed by atoms with van der Waals surface area (Å²) in [6, 6.07) is 4.30. The van der Waals surface area contributed by atoms with Crippen LogP contribution in [0.2, 0.25) is 0 Å². The van der Waals surface area contributed by atoms with E-state index in [2.05, 4.69) is 26.0 Å². The molecule has 1 saturated heterocycles. The lowest BCUT2D eigenvalue weighted by Gasteiger charge is -2.31. The summed E-state index contributed by atoms with van der Waals surface area (Å²) in [6.07, 6.45) is 4.83. The number of fused-ring (bicyclic) bond motifs is 1. The van der Waals surface area contributed by atoms with Gasteiger partial charge >= 0.3 is 0 Å². The van der Waals surface area contributed by atoms with Crippen LogP contribution in [-0.4, -0.2) is 71.0 Å². The molecule has 2 N–H and O–H groups in total. The second-order valence-electron chi connectivity index (χ2n) is 7.44. The Morgan fingerprint density at radius 1 is 1.34 bits per heavy atom. The minimum Gasteiger partial charge on any atom is -0.351 e. The van der Waals surface area contributed by atoms with Gasteiger partial charge in [-0.15, -0.1) is 6.58 Å². The van der Waals surface area contributed by atoms with Crippen LogP contribution in [0.15, 0.2) is 35.7 Å². The third-order valence-corrected chi connectivity index (χ3v) is 8.47. The summed E-state index contributed by atoms with van der Waals surface area (Å²) < 4.78 is 36.0. The maximum absolute atomic E-state index is 13.2. The van der Waals surface area contributed by atoms with Crippen molar-refractivity contribution in [2.75, 3.05) is 31.6 Å². The van der Waals surface area contributed by atoms with Gasteiger partial charge in [0.05, 0.1) is 11.7 Å². The Kier molecular flexibility index (Phi) is 8.63. The maximum atomic E-state index is 13.2. The fourth-order valence-electron chi connectivity index (χ4n) is 3.58. The predicted molar refractivity (Wildman–Crippen MR) is 127 cm³/mol. The van der Waals surface area contributed by atoms with Gasteiger partial charge in [0.25, 0.3) is 0 Å². The highest BCUT2D eigenvalue weighted by molar-refractivity contribution is 7.98. The zero-order chi connectivity index (χ0) is 23.1. The number of hydrogen-bond acceptors (Lipinski definition) is 8. The molecule has 2 amide bonds. The number of thioether (sulfide) groups is 1. The lowest BCUT2D eigenvalue weighted by molar-refractivity contribution is -0.131. The van der Waals surface area contributed by atoms with E-state index in [1.54, 1.807) is 30.0 Å². The van der Waals surface area contributed by atoms with Gasteiger partial charge in [0, 0.05) is 25.6 Å². The molecule has 2 heterocycles. The van der Waals surface area contributed by atoms with Crippen LogP contribution in [0.25, 0.3) is 11.0 Å². The maximum Gasteiger partial charge on any atom is 0.245 e. The van der Waals surface area contributed by atoms with Gasteiger partial charge in [-0.05, 0) is 43.4 Å². The van der Waals surface area contributed by atoms with Crippen molar-refractivity contribution >= 4 is 56.4 Å². The fraction of sp³-hybridized carbons (Fsp3) is 0.500. The summed E-state index contributed by atoms with van der Waals surface area (Å²) >= 11 is 2.58. The second-order valence-corrected chi connectivity index (χ2v) is 10.9. The lowest BCUT2D eigenvalue weighted by Crippen LogP contribution is -2.50. The first-order valence-electron chi connectivity index (χ1n) is 10.3. The number of rotatable bonds is 10. The third kappa shape index (κ3) is 5.66. The topological polar surface area (TPSA) is 121 Å². The summed E-state index contributed by atoms with van der Waals surface area (Å²) in [7, 11) is -3.74. The van der Waals surface area contributed by atoms with Crippen LogP contribution in [0.3, 0.4) is 0 Å².